The number of nitrogens with zero attached hydrogens (tertiary/aromatic N) is 4. The van der Waals surface area contributed by atoms with Gasteiger partial charge in [0.2, 0.25) is 0 Å². The molecule has 2 aromatic heterocycles. The van der Waals surface area contributed by atoms with E-state index in [9.17, 15) is 0 Å². The van der Waals surface area contributed by atoms with Crippen LogP contribution >= 0.6 is 0 Å². The van der Waals surface area contributed by atoms with Gasteiger partial charge in [-0.3, -0.25) is 0 Å². The molecule has 0 atom stereocenters. The van der Waals surface area contributed by atoms with Crippen molar-refractivity contribution >= 4 is 5.82 Å². The van der Waals surface area contributed by atoms with Crippen LogP contribution in [0, 0.1) is 11.3 Å². The summed E-state index contributed by atoms with van der Waals surface area (Å²) in [6, 6.07) is 7.16. The van der Waals surface area contributed by atoms with E-state index in [0.29, 0.717) is 17.2 Å². The van der Waals surface area contributed by atoms with E-state index in [0.717, 1.165) is 0 Å². The third-order valence-electron chi connectivity index (χ3n) is 1.75. The number of hydrogen-bond donors (Lipinski definition) is 1. The van der Waals surface area contributed by atoms with Crippen molar-refractivity contribution < 1.29 is 0 Å². The van der Waals surface area contributed by atoms with E-state index in [4.69, 9.17) is 11.0 Å². The molecule has 0 unspecified atom stereocenters. The molecule has 14 heavy (non-hydrogen) atoms. The van der Waals surface area contributed by atoms with E-state index in [1.807, 2.05) is 6.07 Å². The summed E-state index contributed by atoms with van der Waals surface area (Å²) >= 11 is 0. The Balaban J connectivity index is 2.57. The first-order valence-electron chi connectivity index (χ1n) is 3.98. The SMILES string of the molecule is N#Cc1ncccc1-n1ccc(N)n1. The topological polar surface area (TPSA) is 80.5 Å². The number of anilines is 1. The van der Waals surface area contributed by atoms with Crippen molar-refractivity contribution in [3.63, 3.8) is 0 Å². The summed E-state index contributed by atoms with van der Waals surface area (Å²) < 4.78 is 1.53. The molecule has 2 heterocycles. The Morgan fingerprint density at radius 3 is 2.93 bits per heavy atom. The highest BCUT2D eigenvalue weighted by Gasteiger charge is 2.04. The van der Waals surface area contributed by atoms with Gasteiger partial charge < -0.3 is 5.73 Å². The molecule has 2 rings (SSSR count). The summed E-state index contributed by atoms with van der Waals surface area (Å²) in [5, 5.41) is 12.8. The number of pyridine rings is 1. The number of nitrogens with two attached hydrogens (primary N) is 1. The molecule has 0 saturated heterocycles. The van der Waals surface area contributed by atoms with Gasteiger partial charge in [-0.25, -0.2) is 9.67 Å². The Bertz CT molecular complexity index is 494. The first-order valence-corrected chi connectivity index (χ1v) is 3.98. The summed E-state index contributed by atoms with van der Waals surface area (Å²) in [5.41, 5.74) is 6.43. The molecular weight excluding hydrogens is 178 g/mol. The molecule has 0 aromatic carbocycles. The molecule has 0 aliphatic rings. The molecular formula is C9H7N5. The fourth-order valence-electron chi connectivity index (χ4n) is 1.14. The highest BCUT2D eigenvalue weighted by Crippen LogP contribution is 2.10. The van der Waals surface area contributed by atoms with Gasteiger partial charge in [0.1, 0.15) is 17.6 Å². The molecule has 0 aliphatic heterocycles. The molecule has 0 radical (unpaired) electrons. The second-order valence-electron chi connectivity index (χ2n) is 2.67. The summed E-state index contributed by atoms with van der Waals surface area (Å²) in [7, 11) is 0. The van der Waals surface area contributed by atoms with Crippen LogP contribution in [0.25, 0.3) is 5.69 Å². The van der Waals surface area contributed by atoms with Gasteiger partial charge in [0.05, 0.1) is 0 Å². The van der Waals surface area contributed by atoms with Crippen LogP contribution in [0.4, 0.5) is 5.82 Å². The highest BCUT2D eigenvalue weighted by atomic mass is 15.3. The van der Waals surface area contributed by atoms with Gasteiger partial charge in [-0.2, -0.15) is 10.4 Å². The molecule has 68 valence electrons. The molecule has 0 saturated carbocycles. The van der Waals surface area contributed by atoms with Crippen LogP contribution < -0.4 is 5.73 Å². The Labute approximate surface area is 80.4 Å². The Kier molecular flexibility index (Phi) is 1.88. The summed E-state index contributed by atoms with van der Waals surface area (Å²) in [4.78, 5) is 3.92. The van der Waals surface area contributed by atoms with Crippen LogP contribution in [0.15, 0.2) is 30.6 Å². The normalized spacial score (nSPS) is 9.64. The van der Waals surface area contributed by atoms with Crippen molar-refractivity contribution in [3.8, 4) is 11.8 Å². The summed E-state index contributed by atoms with van der Waals surface area (Å²) in [6.07, 6.45) is 3.25. The summed E-state index contributed by atoms with van der Waals surface area (Å²) in [5.74, 6) is 0.415. The minimum Gasteiger partial charge on any atom is -0.382 e. The Hall–Kier alpha value is -2.35. The smallest absolute Gasteiger partial charge is 0.166 e. The van der Waals surface area contributed by atoms with Crippen molar-refractivity contribution in [2.45, 2.75) is 0 Å². The minimum atomic E-state index is 0.329. The molecule has 0 bridgehead atoms. The lowest BCUT2D eigenvalue weighted by molar-refractivity contribution is 0.874. The third-order valence-corrected chi connectivity index (χ3v) is 1.75. The van der Waals surface area contributed by atoms with E-state index >= 15 is 0 Å². The first-order chi connectivity index (χ1) is 6.81. The molecule has 0 fully saturated rings. The largest absolute Gasteiger partial charge is 0.382 e. The van der Waals surface area contributed by atoms with Crippen molar-refractivity contribution in [2.24, 2.45) is 0 Å². The van der Waals surface area contributed by atoms with Gasteiger partial charge in [0.15, 0.2) is 5.69 Å². The average molecular weight is 185 g/mol. The van der Waals surface area contributed by atoms with E-state index in [1.165, 1.54) is 4.68 Å². The number of aromatic nitrogens is 3. The van der Waals surface area contributed by atoms with Gasteiger partial charge >= 0.3 is 0 Å². The zero-order valence-corrected chi connectivity index (χ0v) is 7.25. The van der Waals surface area contributed by atoms with E-state index in [-0.39, 0.29) is 0 Å². The van der Waals surface area contributed by atoms with E-state index < -0.39 is 0 Å². The van der Waals surface area contributed by atoms with Gasteiger partial charge in [-0.15, -0.1) is 0 Å². The van der Waals surface area contributed by atoms with Crippen molar-refractivity contribution in [1.29, 1.82) is 5.26 Å². The monoisotopic (exact) mass is 185 g/mol. The fraction of sp³-hybridized carbons (Fsp3) is 0. The van der Waals surface area contributed by atoms with Crippen molar-refractivity contribution in [3.05, 3.63) is 36.3 Å². The quantitative estimate of drug-likeness (QED) is 0.709. The van der Waals surface area contributed by atoms with Crippen LogP contribution in [0.2, 0.25) is 0 Å². The maximum absolute atomic E-state index is 8.80. The molecule has 0 amide bonds. The molecule has 5 nitrogen and oxygen atoms in total. The Morgan fingerprint density at radius 1 is 1.43 bits per heavy atom. The fourth-order valence-corrected chi connectivity index (χ4v) is 1.14. The van der Waals surface area contributed by atoms with E-state index in [2.05, 4.69) is 10.1 Å². The number of hydrogen-bond acceptors (Lipinski definition) is 4. The predicted molar refractivity (Wildman–Crippen MR) is 50.5 cm³/mol. The zero-order chi connectivity index (χ0) is 9.97. The predicted octanol–water partition coefficient (Wildman–Crippen LogP) is 0.721. The average Bonchev–Trinajstić information content (AvgIpc) is 2.65. The minimum absolute atomic E-state index is 0.329. The molecule has 2 aromatic rings. The van der Waals surface area contributed by atoms with Gasteiger partial charge in [0.25, 0.3) is 0 Å². The maximum Gasteiger partial charge on any atom is 0.166 e. The lowest BCUT2D eigenvalue weighted by Crippen LogP contribution is -2.00. The number of rotatable bonds is 1. The highest BCUT2D eigenvalue weighted by molar-refractivity contribution is 5.44. The number of nitriles is 1. The standard InChI is InChI=1S/C9H7N5/c10-6-7-8(2-1-4-12-7)14-5-3-9(11)13-14/h1-5H,(H2,11,13). The van der Waals surface area contributed by atoms with Gasteiger partial charge in [-0.1, -0.05) is 0 Å². The molecule has 0 aliphatic carbocycles. The van der Waals surface area contributed by atoms with Gasteiger partial charge in [-0.05, 0) is 12.1 Å². The van der Waals surface area contributed by atoms with Crippen LogP contribution in [0.3, 0.4) is 0 Å². The first kappa shape index (κ1) is 8.26. The van der Waals surface area contributed by atoms with Crippen LogP contribution in [0.5, 0.6) is 0 Å². The van der Waals surface area contributed by atoms with Crippen molar-refractivity contribution in [1.82, 2.24) is 14.8 Å². The van der Waals surface area contributed by atoms with Gasteiger partial charge in [0, 0.05) is 18.5 Å². The Morgan fingerprint density at radius 2 is 2.29 bits per heavy atom. The van der Waals surface area contributed by atoms with Crippen LogP contribution in [0.1, 0.15) is 5.69 Å². The second kappa shape index (κ2) is 3.18. The van der Waals surface area contributed by atoms with E-state index in [1.54, 1.807) is 30.6 Å². The van der Waals surface area contributed by atoms with Crippen molar-refractivity contribution in [2.75, 3.05) is 5.73 Å². The zero-order valence-electron chi connectivity index (χ0n) is 7.25. The second-order valence-corrected chi connectivity index (χ2v) is 2.67. The summed E-state index contributed by atoms with van der Waals surface area (Å²) in [6.45, 7) is 0. The van der Waals surface area contributed by atoms with Crippen LogP contribution in [-0.4, -0.2) is 14.8 Å². The maximum atomic E-state index is 8.80. The van der Waals surface area contributed by atoms with Crippen LogP contribution in [-0.2, 0) is 0 Å². The molecule has 0 spiro atoms. The number of nitrogen functional groups attached to an aromatic ring is 1. The lowest BCUT2D eigenvalue weighted by atomic mass is 10.3. The lowest BCUT2D eigenvalue weighted by Gasteiger charge is -2.01. The third kappa shape index (κ3) is 1.29. The molecule has 2 N–H and O–H groups in total. The molecule has 5 heteroatoms.